The number of nitrogens with zero attached hydrogens (tertiary/aromatic N) is 3. The van der Waals surface area contributed by atoms with E-state index in [2.05, 4.69) is 10.9 Å². The van der Waals surface area contributed by atoms with Gasteiger partial charge in [0.1, 0.15) is 11.3 Å². The fourth-order valence-corrected chi connectivity index (χ4v) is 3.51. The first-order chi connectivity index (χ1) is 12.5. The van der Waals surface area contributed by atoms with Crippen LogP contribution in [0.3, 0.4) is 0 Å². The standard InChI is InChI=1S/C18H13N3O4S/c1-3-11-20-16-14(25-2)5-4-6-15(16)26-18(20)19-17(22)12-7-9-13(10-8-12)21(23)24/h1,4-10H,11H2,2H3. The van der Waals surface area contributed by atoms with Gasteiger partial charge in [-0.1, -0.05) is 23.3 Å². The molecule has 0 spiro atoms. The lowest BCUT2D eigenvalue weighted by Crippen LogP contribution is -2.16. The van der Waals surface area contributed by atoms with Gasteiger partial charge in [-0.05, 0) is 24.3 Å². The van der Waals surface area contributed by atoms with E-state index < -0.39 is 10.8 Å². The summed E-state index contributed by atoms with van der Waals surface area (Å²) >= 11 is 1.32. The molecule has 0 aliphatic heterocycles. The molecule has 26 heavy (non-hydrogen) atoms. The quantitative estimate of drug-likeness (QED) is 0.403. The number of fused-ring (bicyclic) bond motifs is 1. The van der Waals surface area contributed by atoms with Gasteiger partial charge in [0, 0.05) is 17.7 Å². The lowest BCUT2D eigenvalue weighted by atomic mass is 10.2. The molecule has 0 saturated heterocycles. The molecule has 0 aliphatic carbocycles. The molecular formula is C18H13N3O4S. The lowest BCUT2D eigenvalue weighted by Gasteiger charge is -2.05. The molecule has 1 heterocycles. The summed E-state index contributed by atoms with van der Waals surface area (Å²) in [5, 5.41) is 10.7. The Hall–Kier alpha value is -3.44. The van der Waals surface area contributed by atoms with E-state index in [1.54, 1.807) is 11.7 Å². The molecular weight excluding hydrogens is 354 g/mol. The number of aromatic nitrogens is 1. The van der Waals surface area contributed by atoms with Crippen LogP contribution in [0.2, 0.25) is 0 Å². The topological polar surface area (TPSA) is 86.7 Å². The van der Waals surface area contributed by atoms with Crippen molar-refractivity contribution >= 4 is 33.1 Å². The summed E-state index contributed by atoms with van der Waals surface area (Å²) in [5.41, 5.74) is 0.941. The third-order valence-electron chi connectivity index (χ3n) is 3.66. The number of rotatable bonds is 4. The van der Waals surface area contributed by atoms with Gasteiger partial charge in [-0.2, -0.15) is 4.99 Å². The summed E-state index contributed by atoms with van der Waals surface area (Å²) in [6, 6.07) is 10.8. The molecule has 0 fully saturated rings. The highest BCUT2D eigenvalue weighted by Gasteiger charge is 2.13. The average Bonchev–Trinajstić information content (AvgIpc) is 2.99. The predicted molar refractivity (Wildman–Crippen MR) is 98.2 cm³/mol. The molecule has 7 nitrogen and oxygen atoms in total. The predicted octanol–water partition coefficient (Wildman–Crippen LogP) is 2.99. The van der Waals surface area contributed by atoms with Crippen LogP contribution in [0, 0.1) is 22.5 Å². The molecule has 1 amide bonds. The van der Waals surface area contributed by atoms with E-state index in [0.717, 1.165) is 10.2 Å². The molecule has 3 aromatic rings. The second kappa shape index (κ2) is 7.21. The molecule has 0 saturated carbocycles. The van der Waals surface area contributed by atoms with Crippen molar-refractivity contribution in [2.45, 2.75) is 6.54 Å². The Labute approximate surface area is 152 Å². The maximum Gasteiger partial charge on any atom is 0.279 e. The monoisotopic (exact) mass is 367 g/mol. The van der Waals surface area contributed by atoms with Gasteiger partial charge in [-0.25, -0.2) is 0 Å². The molecule has 0 atom stereocenters. The van der Waals surface area contributed by atoms with E-state index >= 15 is 0 Å². The van der Waals surface area contributed by atoms with E-state index in [9.17, 15) is 14.9 Å². The van der Waals surface area contributed by atoms with Crippen LogP contribution in [0.15, 0.2) is 47.5 Å². The molecule has 0 bridgehead atoms. The highest BCUT2D eigenvalue weighted by atomic mass is 32.1. The molecule has 0 unspecified atom stereocenters. The molecule has 8 heteroatoms. The minimum atomic E-state index is -0.523. The molecule has 0 radical (unpaired) electrons. The number of para-hydroxylation sites is 1. The summed E-state index contributed by atoms with van der Waals surface area (Å²) in [7, 11) is 1.56. The van der Waals surface area contributed by atoms with Crippen molar-refractivity contribution in [1.82, 2.24) is 4.57 Å². The minimum Gasteiger partial charge on any atom is -0.495 e. The van der Waals surface area contributed by atoms with Crippen molar-refractivity contribution in [2.75, 3.05) is 7.11 Å². The van der Waals surface area contributed by atoms with Crippen molar-refractivity contribution < 1.29 is 14.5 Å². The number of ether oxygens (including phenoxy) is 1. The van der Waals surface area contributed by atoms with E-state index in [-0.39, 0.29) is 17.8 Å². The van der Waals surface area contributed by atoms with Crippen LogP contribution in [-0.4, -0.2) is 22.5 Å². The van der Waals surface area contributed by atoms with E-state index in [1.165, 1.54) is 35.6 Å². The van der Waals surface area contributed by atoms with Crippen molar-refractivity contribution in [2.24, 2.45) is 4.99 Å². The Balaban J connectivity index is 2.11. The van der Waals surface area contributed by atoms with E-state index in [4.69, 9.17) is 11.2 Å². The number of methoxy groups -OCH3 is 1. The number of hydrogen-bond donors (Lipinski definition) is 0. The first-order valence-corrected chi connectivity index (χ1v) is 8.30. The Bertz CT molecular complexity index is 1100. The van der Waals surface area contributed by atoms with Gasteiger partial charge in [0.05, 0.1) is 23.3 Å². The fraction of sp³-hybridized carbons (Fsp3) is 0.111. The minimum absolute atomic E-state index is 0.0875. The number of carbonyl (C=O) groups excluding carboxylic acids is 1. The Morgan fingerprint density at radius 3 is 2.69 bits per heavy atom. The Morgan fingerprint density at radius 1 is 1.35 bits per heavy atom. The number of nitro groups is 1. The van der Waals surface area contributed by atoms with Crippen molar-refractivity contribution in [3.05, 3.63) is 62.9 Å². The highest BCUT2D eigenvalue weighted by molar-refractivity contribution is 7.16. The van der Waals surface area contributed by atoms with Crippen LogP contribution in [0.4, 0.5) is 5.69 Å². The zero-order valence-electron chi connectivity index (χ0n) is 13.7. The Morgan fingerprint density at radius 2 is 2.08 bits per heavy atom. The van der Waals surface area contributed by atoms with Gasteiger partial charge in [-0.15, -0.1) is 6.42 Å². The fourth-order valence-electron chi connectivity index (χ4n) is 2.46. The number of non-ortho nitro benzene ring substituents is 1. The zero-order valence-corrected chi connectivity index (χ0v) is 14.5. The SMILES string of the molecule is C#CCn1c(=NC(=O)c2ccc([N+](=O)[O-])cc2)sc2cccc(OC)c21. The van der Waals surface area contributed by atoms with Crippen LogP contribution in [0.5, 0.6) is 5.75 Å². The van der Waals surface area contributed by atoms with Crippen LogP contribution in [0.25, 0.3) is 10.2 Å². The highest BCUT2D eigenvalue weighted by Crippen LogP contribution is 2.27. The van der Waals surface area contributed by atoms with E-state index in [1.807, 2.05) is 18.2 Å². The summed E-state index contributed by atoms with van der Waals surface area (Å²) in [6.07, 6.45) is 5.46. The molecule has 0 aliphatic rings. The first kappa shape index (κ1) is 17.4. The number of hydrogen-bond acceptors (Lipinski definition) is 5. The number of carbonyl (C=O) groups is 1. The third-order valence-corrected chi connectivity index (χ3v) is 4.70. The van der Waals surface area contributed by atoms with Gasteiger partial charge in [0.25, 0.3) is 11.6 Å². The second-order valence-corrected chi connectivity index (χ2v) is 6.21. The van der Waals surface area contributed by atoms with Gasteiger partial charge in [0.2, 0.25) is 0 Å². The molecule has 1 aromatic heterocycles. The number of thiazole rings is 1. The first-order valence-electron chi connectivity index (χ1n) is 7.48. The van der Waals surface area contributed by atoms with Crippen LogP contribution in [-0.2, 0) is 6.54 Å². The number of benzene rings is 2. The van der Waals surface area contributed by atoms with Gasteiger partial charge in [-0.3, -0.25) is 14.9 Å². The molecule has 0 N–H and O–H groups in total. The maximum absolute atomic E-state index is 12.5. The normalized spacial score (nSPS) is 11.3. The molecule has 130 valence electrons. The van der Waals surface area contributed by atoms with Crippen LogP contribution >= 0.6 is 11.3 Å². The van der Waals surface area contributed by atoms with Gasteiger partial charge >= 0.3 is 0 Å². The smallest absolute Gasteiger partial charge is 0.279 e. The van der Waals surface area contributed by atoms with Crippen molar-refractivity contribution in [3.8, 4) is 18.1 Å². The number of terminal acetylenes is 1. The van der Waals surface area contributed by atoms with Crippen molar-refractivity contribution in [1.29, 1.82) is 0 Å². The van der Waals surface area contributed by atoms with Gasteiger partial charge in [0.15, 0.2) is 4.80 Å². The maximum atomic E-state index is 12.5. The summed E-state index contributed by atoms with van der Waals surface area (Å²) in [6.45, 7) is 0.229. The third kappa shape index (κ3) is 3.20. The zero-order chi connectivity index (χ0) is 18.7. The number of amides is 1. The van der Waals surface area contributed by atoms with Crippen molar-refractivity contribution in [3.63, 3.8) is 0 Å². The Kier molecular flexibility index (Phi) is 4.82. The largest absolute Gasteiger partial charge is 0.495 e. The van der Waals surface area contributed by atoms with E-state index in [0.29, 0.717) is 10.6 Å². The average molecular weight is 367 g/mol. The summed E-state index contributed by atoms with van der Waals surface area (Å²) < 4.78 is 8.00. The van der Waals surface area contributed by atoms with Crippen LogP contribution in [0.1, 0.15) is 10.4 Å². The van der Waals surface area contributed by atoms with Gasteiger partial charge < -0.3 is 9.30 Å². The second-order valence-electron chi connectivity index (χ2n) is 5.20. The summed E-state index contributed by atoms with van der Waals surface area (Å²) in [4.78, 5) is 27.2. The number of nitro benzene ring substituents is 1. The molecule has 2 aromatic carbocycles. The van der Waals surface area contributed by atoms with Crippen LogP contribution < -0.4 is 9.54 Å². The lowest BCUT2D eigenvalue weighted by molar-refractivity contribution is -0.384. The summed E-state index contributed by atoms with van der Waals surface area (Å²) in [5.74, 6) is 2.69. The molecule has 3 rings (SSSR count).